The van der Waals surface area contributed by atoms with E-state index in [2.05, 4.69) is 20.6 Å². The number of aromatic nitrogens is 1. The first kappa shape index (κ1) is 19.0. The van der Waals surface area contributed by atoms with Crippen LogP contribution in [0.2, 0.25) is 10.0 Å². The van der Waals surface area contributed by atoms with E-state index in [1.807, 2.05) is 6.07 Å². The molecule has 2 heterocycles. The summed E-state index contributed by atoms with van der Waals surface area (Å²) in [6.45, 7) is 0. The van der Waals surface area contributed by atoms with Gasteiger partial charge in [0.25, 0.3) is 5.69 Å². The van der Waals surface area contributed by atoms with Crippen molar-refractivity contribution in [3.63, 3.8) is 0 Å². The van der Waals surface area contributed by atoms with Crippen LogP contribution < -0.4 is 22.1 Å². The van der Waals surface area contributed by atoms with Gasteiger partial charge >= 0.3 is 0 Å². The summed E-state index contributed by atoms with van der Waals surface area (Å²) in [6, 6.07) is 3.09. The second kappa shape index (κ2) is 7.08. The van der Waals surface area contributed by atoms with E-state index in [9.17, 15) is 15.4 Å². The molecule has 1 aliphatic heterocycles. The highest BCUT2D eigenvalue weighted by molar-refractivity contribution is 6.36. The number of hydrogen-bond donors (Lipinski definition) is 4. The minimum absolute atomic E-state index is 0.00138. The van der Waals surface area contributed by atoms with Crippen LogP contribution in [-0.4, -0.2) is 15.9 Å². The second-order valence-electron chi connectivity index (χ2n) is 5.48. The molecule has 1 aliphatic rings. The van der Waals surface area contributed by atoms with E-state index < -0.39 is 11.0 Å². The van der Waals surface area contributed by atoms with Crippen molar-refractivity contribution >= 4 is 52.2 Å². The fourth-order valence-electron chi connectivity index (χ4n) is 2.73. The molecule has 0 amide bonds. The summed E-state index contributed by atoms with van der Waals surface area (Å²) >= 11 is 12.5. The van der Waals surface area contributed by atoms with Gasteiger partial charge in [-0.1, -0.05) is 23.2 Å². The number of anilines is 3. The molecular formula is C15H9Cl2N9O2. The monoisotopic (exact) mass is 417 g/mol. The van der Waals surface area contributed by atoms with Gasteiger partial charge in [0, 0.05) is 23.3 Å². The molecule has 0 bridgehead atoms. The number of guanidine groups is 1. The van der Waals surface area contributed by atoms with Gasteiger partial charge in [0.1, 0.15) is 29.3 Å². The minimum atomic E-state index is -1.01. The maximum atomic E-state index is 11.0. The Labute approximate surface area is 167 Å². The number of nitriles is 2. The van der Waals surface area contributed by atoms with Crippen molar-refractivity contribution in [1.29, 1.82) is 10.5 Å². The fourth-order valence-corrected chi connectivity index (χ4v) is 3.41. The molecule has 11 nitrogen and oxygen atoms in total. The Balaban J connectivity index is 2.31. The molecule has 0 saturated carbocycles. The van der Waals surface area contributed by atoms with Crippen molar-refractivity contribution in [2.24, 2.45) is 4.99 Å². The lowest BCUT2D eigenvalue weighted by atomic mass is 9.95. The third-order valence-corrected chi connectivity index (χ3v) is 4.53. The van der Waals surface area contributed by atoms with Crippen molar-refractivity contribution in [1.82, 2.24) is 10.3 Å². The Hall–Kier alpha value is -3.80. The lowest BCUT2D eigenvalue weighted by Crippen LogP contribution is -2.33. The van der Waals surface area contributed by atoms with Crippen LogP contribution in [0.5, 0.6) is 0 Å². The SMILES string of the molecule is N#CNC1=NC(c2c(Cl)cc([N+](=O)[O-])cc2Cl)c2c(nc(N)c(C#N)c2N)N1. The van der Waals surface area contributed by atoms with E-state index in [4.69, 9.17) is 39.9 Å². The van der Waals surface area contributed by atoms with E-state index in [1.54, 1.807) is 6.19 Å². The lowest BCUT2D eigenvalue weighted by molar-refractivity contribution is -0.384. The van der Waals surface area contributed by atoms with Crippen LogP contribution in [0.25, 0.3) is 0 Å². The number of benzene rings is 1. The highest BCUT2D eigenvalue weighted by Gasteiger charge is 2.33. The van der Waals surface area contributed by atoms with Gasteiger partial charge in [0.2, 0.25) is 5.96 Å². The van der Waals surface area contributed by atoms with E-state index in [-0.39, 0.29) is 55.7 Å². The number of nitro groups is 1. The van der Waals surface area contributed by atoms with Crippen molar-refractivity contribution in [3.05, 3.63) is 49.0 Å². The van der Waals surface area contributed by atoms with Gasteiger partial charge in [-0.05, 0) is 0 Å². The summed E-state index contributed by atoms with van der Waals surface area (Å²) in [7, 11) is 0. The smallest absolute Gasteiger partial charge is 0.272 e. The molecule has 0 saturated heterocycles. The number of rotatable bonds is 2. The number of nitrogen functional groups attached to an aromatic ring is 2. The van der Waals surface area contributed by atoms with Crippen molar-refractivity contribution < 1.29 is 4.92 Å². The molecule has 0 fully saturated rings. The zero-order valence-corrected chi connectivity index (χ0v) is 15.2. The predicted octanol–water partition coefficient (Wildman–Crippen LogP) is 2.27. The first-order valence-corrected chi connectivity index (χ1v) is 8.16. The maximum absolute atomic E-state index is 11.0. The number of fused-ring (bicyclic) bond motifs is 1. The number of halogens is 2. The van der Waals surface area contributed by atoms with Gasteiger partial charge in [-0.25, -0.2) is 9.98 Å². The van der Waals surface area contributed by atoms with E-state index in [0.717, 1.165) is 12.1 Å². The Morgan fingerprint density at radius 2 is 1.89 bits per heavy atom. The van der Waals surface area contributed by atoms with E-state index in [0.29, 0.717) is 0 Å². The molecule has 6 N–H and O–H groups in total. The summed E-state index contributed by atoms with van der Waals surface area (Å²) in [6.07, 6.45) is 1.70. The van der Waals surface area contributed by atoms with Crippen LogP contribution in [0.15, 0.2) is 17.1 Å². The molecule has 140 valence electrons. The van der Waals surface area contributed by atoms with Crippen molar-refractivity contribution in [2.45, 2.75) is 6.04 Å². The molecular weight excluding hydrogens is 409 g/mol. The van der Waals surface area contributed by atoms with Crippen LogP contribution >= 0.6 is 23.2 Å². The maximum Gasteiger partial charge on any atom is 0.272 e. The van der Waals surface area contributed by atoms with Crippen LogP contribution in [0.1, 0.15) is 22.7 Å². The Kier molecular flexibility index (Phi) is 4.79. The second-order valence-corrected chi connectivity index (χ2v) is 6.30. The molecule has 1 unspecified atom stereocenters. The van der Waals surface area contributed by atoms with Gasteiger partial charge < -0.3 is 16.8 Å². The zero-order valence-electron chi connectivity index (χ0n) is 13.7. The third-order valence-electron chi connectivity index (χ3n) is 3.91. The van der Waals surface area contributed by atoms with Crippen LogP contribution in [0.3, 0.4) is 0 Å². The molecule has 28 heavy (non-hydrogen) atoms. The topological polar surface area (TPSA) is 192 Å². The average molecular weight is 418 g/mol. The summed E-state index contributed by atoms with van der Waals surface area (Å²) in [5.74, 6) is 0.0165. The standard InChI is InChI=1S/C15H9Cl2N9O2/c16-7-1-5(26(27)28)2-8(17)9(7)12-10-11(20)6(3-18)13(21)24-14(10)25-15(23-12)22-4-19/h1-2,12H,(H6,20,21,22,23,24,25). The summed E-state index contributed by atoms with van der Waals surface area (Å²) in [5, 5.41) is 34.2. The Morgan fingerprint density at radius 3 is 2.43 bits per heavy atom. The zero-order chi connectivity index (χ0) is 20.6. The number of nitro benzene ring substituents is 1. The molecule has 1 atom stereocenters. The first-order chi connectivity index (χ1) is 13.3. The highest BCUT2D eigenvalue weighted by atomic mass is 35.5. The number of aliphatic imine (C=N–C) groups is 1. The molecule has 2 aromatic rings. The lowest BCUT2D eigenvalue weighted by Gasteiger charge is -2.27. The summed E-state index contributed by atoms with van der Waals surface area (Å²) in [4.78, 5) is 18.8. The van der Waals surface area contributed by atoms with Gasteiger partial charge in [-0.15, -0.1) is 0 Å². The van der Waals surface area contributed by atoms with E-state index in [1.165, 1.54) is 0 Å². The summed E-state index contributed by atoms with van der Waals surface area (Å²) in [5.41, 5.74) is 11.9. The molecule has 13 heteroatoms. The number of nitrogens with zero attached hydrogens (tertiary/aromatic N) is 5. The highest BCUT2D eigenvalue weighted by Crippen LogP contribution is 2.45. The number of pyridine rings is 1. The van der Waals surface area contributed by atoms with Crippen molar-refractivity contribution in [2.75, 3.05) is 16.8 Å². The normalized spacial score (nSPS) is 14.7. The fraction of sp³-hybridized carbons (Fsp3) is 0.0667. The van der Waals surface area contributed by atoms with Gasteiger partial charge in [-0.3, -0.25) is 15.4 Å². The number of nitrogens with two attached hydrogens (primary N) is 2. The van der Waals surface area contributed by atoms with Gasteiger partial charge in [0.15, 0.2) is 6.19 Å². The molecule has 0 radical (unpaired) electrons. The van der Waals surface area contributed by atoms with Gasteiger partial charge in [-0.2, -0.15) is 10.5 Å². The van der Waals surface area contributed by atoms with E-state index >= 15 is 0 Å². The van der Waals surface area contributed by atoms with Crippen molar-refractivity contribution in [3.8, 4) is 12.3 Å². The Bertz CT molecular complexity index is 1110. The first-order valence-electron chi connectivity index (χ1n) is 7.40. The number of nitrogens with one attached hydrogen (secondary N) is 2. The molecule has 1 aromatic heterocycles. The predicted molar refractivity (Wildman–Crippen MR) is 103 cm³/mol. The molecule has 3 rings (SSSR count). The molecule has 0 spiro atoms. The number of hydrogen-bond acceptors (Lipinski definition) is 10. The van der Waals surface area contributed by atoms with Crippen LogP contribution in [-0.2, 0) is 0 Å². The average Bonchev–Trinajstić information content (AvgIpc) is 2.61. The van der Waals surface area contributed by atoms with Crippen LogP contribution in [0.4, 0.5) is 23.0 Å². The van der Waals surface area contributed by atoms with Gasteiger partial charge in [0.05, 0.1) is 20.7 Å². The van der Waals surface area contributed by atoms with Crippen LogP contribution in [0, 0.1) is 32.9 Å². The molecule has 1 aromatic carbocycles. The quantitative estimate of drug-likeness (QED) is 0.245. The number of non-ortho nitro benzene ring substituents is 1. The third kappa shape index (κ3) is 3.05. The minimum Gasteiger partial charge on any atom is -0.397 e. The Morgan fingerprint density at radius 1 is 1.25 bits per heavy atom. The summed E-state index contributed by atoms with van der Waals surface area (Å²) < 4.78 is 0. The molecule has 0 aliphatic carbocycles. The largest absolute Gasteiger partial charge is 0.397 e.